The maximum absolute atomic E-state index is 12.1. The van der Waals surface area contributed by atoms with Crippen LogP contribution in [0.5, 0.6) is 0 Å². The van der Waals surface area contributed by atoms with Crippen LogP contribution in [-0.2, 0) is 14.3 Å². The van der Waals surface area contributed by atoms with E-state index in [-0.39, 0.29) is 11.8 Å². The molecule has 0 heterocycles. The molecule has 1 amide bonds. The first-order valence-corrected chi connectivity index (χ1v) is 6.67. The lowest BCUT2D eigenvalue weighted by molar-refractivity contribution is -0.138. The van der Waals surface area contributed by atoms with E-state index in [1.807, 2.05) is 37.3 Å². The molecule has 0 fully saturated rings. The first-order chi connectivity index (χ1) is 9.47. The molecule has 0 aliphatic heterocycles. The molecule has 0 bridgehead atoms. The van der Waals surface area contributed by atoms with Gasteiger partial charge in [-0.05, 0) is 19.4 Å². The monoisotopic (exact) mass is 275 g/mol. The second-order valence-electron chi connectivity index (χ2n) is 4.57. The summed E-state index contributed by atoms with van der Waals surface area (Å²) in [5.41, 5.74) is 2.01. The predicted octanol–water partition coefficient (Wildman–Crippen LogP) is 2.76. The van der Waals surface area contributed by atoms with Gasteiger partial charge in [-0.1, -0.05) is 37.3 Å². The predicted molar refractivity (Wildman–Crippen MR) is 78.0 cm³/mol. The van der Waals surface area contributed by atoms with Gasteiger partial charge in [0.25, 0.3) is 0 Å². The van der Waals surface area contributed by atoms with Crippen LogP contribution in [0.25, 0.3) is 0 Å². The van der Waals surface area contributed by atoms with Crippen molar-refractivity contribution in [2.24, 2.45) is 0 Å². The highest BCUT2D eigenvalue weighted by Gasteiger charge is 2.23. The van der Waals surface area contributed by atoms with Crippen molar-refractivity contribution < 1.29 is 14.3 Å². The van der Waals surface area contributed by atoms with Crippen molar-refractivity contribution in [1.82, 2.24) is 5.32 Å². The number of hydrogen-bond acceptors (Lipinski definition) is 3. The Kier molecular flexibility index (Phi) is 5.97. The molecule has 0 saturated heterocycles. The van der Waals surface area contributed by atoms with Gasteiger partial charge in [0, 0.05) is 18.5 Å². The van der Waals surface area contributed by atoms with Crippen molar-refractivity contribution in [2.75, 3.05) is 6.61 Å². The topological polar surface area (TPSA) is 55.4 Å². The van der Waals surface area contributed by atoms with E-state index in [9.17, 15) is 9.59 Å². The van der Waals surface area contributed by atoms with E-state index in [4.69, 9.17) is 4.74 Å². The van der Waals surface area contributed by atoms with E-state index < -0.39 is 5.97 Å². The summed E-state index contributed by atoms with van der Waals surface area (Å²) in [4.78, 5) is 23.4. The molecular formula is C16H21NO3. The van der Waals surface area contributed by atoms with Crippen LogP contribution in [0.4, 0.5) is 0 Å². The number of carbonyl (C=O) groups excluding carboxylic acids is 2. The first kappa shape index (κ1) is 16.0. The Bertz CT molecular complexity index is 506. The SMILES string of the molecule is CCOC(=O)/C(=C(\C)NC(C)=O)C(C)c1ccccc1. The largest absolute Gasteiger partial charge is 0.463 e. The van der Waals surface area contributed by atoms with Gasteiger partial charge < -0.3 is 10.1 Å². The molecule has 108 valence electrons. The van der Waals surface area contributed by atoms with E-state index in [0.717, 1.165) is 5.56 Å². The van der Waals surface area contributed by atoms with Crippen LogP contribution in [0.2, 0.25) is 0 Å². The van der Waals surface area contributed by atoms with Crippen molar-refractivity contribution in [3.63, 3.8) is 0 Å². The van der Waals surface area contributed by atoms with Crippen molar-refractivity contribution in [3.05, 3.63) is 47.2 Å². The van der Waals surface area contributed by atoms with E-state index in [2.05, 4.69) is 5.32 Å². The number of esters is 1. The number of carbonyl (C=O) groups is 2. The quantitative estimate of drug-likeness (QED) is 0.664. The fourth-order valence-electron chi connectivity index (χ4n) is 2.10. The van der Waals surface area contributed by atoms with Crippen molar-refractivity contribution in [3.8, 4) is 0 Å². The summed E-state index contributed by atoms with van der Waals surface area (Å²) in [5.74, 6) is -0.748. The van der Waals surface area contributed by atoms with Crippen molar-refractivity contribution >= 4 is 11.9 Å². The third-order valence-corrected chi connectivity index (χ3v) is 3.00. The molecular weight excluding hydrogens is 254 g/mol. The summed E-state index contributed by atoms with van der Waals surface area (Å²) in [6.45, 7) is 7.12. The van der Waals surface area contributed by atoms with Gasteiger partial charge in [0.1, 0.15) is 0 Å². The number of allylic oxidation sites excluding steroid dienone is 1. The van der Waals surface area contributed by atoms with Crippen LogP contribution < -0.4 is 5.32 Å². The molecule has 1 aromatic rings. The molecule has 0 aliphatic rings. The highest BCUT2D eigenvalue weighted by Crippen LogP contribution is 2.26. The fraction of sp³-hybridized carbons (Fsp3) is 0.375. The first-order valence-electron chi connectivity index (χ1n) is 6.67. The number of ether oxygens (including phenoxy) is 1. The Labute approximate surface area is 119 Å². The fourth-order valence-corrected chi connectivity index (χ4v) is 2.10. The lowest BCUT2D eigenvalue weighted by atomic mass is 9.91. The number of amides is 1. The summed E-state index contributed by atoms with van der Waals surface area (Å²) >= 11 is 0. The van der Waals surface area contributed by atoms with Gasteiger partial charge in [0.15, 0.2) is 0 Å². The van der Waals surface area contributed by atoms with E-state index >= 15 is 0 Å². The van der Waals surface area contributed by atoms with E-state index in [1.54, 1.807) is 13.8 Å². The Morgan fingerprint density at radius 1 is 1.20 bits per heavy atom. The maximum Gasteiger partial charge on any atom is 0.336 e. The average molecular weight is 275 g/mol. The Morgan fingerprint density at radius 3 is 2.30 bits per heavy atom. The molecule has 1 rings (SSSR count). The van der Waals surface area contributed by atoms with Gasteiger partial charge in [0.2, 0.25) is 5.91 Å². The zero-order valence-electron chi connectivity index (χ0n) is 12.4. The average Bonchev–Trinajstić information content (AvgIpc) is 2.39. The van der Waals surface area contributed by atoms with Gasteiger partial charge in [-0.15, -0.1) is 0 Å². The molecule has 20 heavy (non-hydrogen) atoms. The van der Waals surface area contributed by atoms with Gasteiger partial charge in [-0.2, -0.15) is 0 Å². The minimum Gasteiger partial charge on any atom is -0.463 e. The van der Waals surface area contributed by atoms with E-state index in [1.165, 1.54) is 6.92 Å². The van der Waals surface area contributed by atoms with Gasteiger partial charge in [-0.25, -0.2) is 4.79 Å². The number of benzene rings is 1. The zero-order valence-corrected chi connectivity index (χ0v) is 12.4. The van der Waals surface area contributed by atoms with Crippen LogP contribution >= 0.6 is 0 Å². The Hall–Kier alpha value is -2.10. The maximum atomic E-state index is 12.1. The third-order valence-electron chi connectivity index (χ3n) is 3.00. The number of rotatable bonds is 5. The van der Waals surface area contributed by atoms with Crippen molar-refractivity contribution in [2.45, 2.75) is 33.6 Å². The van der Waals surface area contributed by atoms with Crippen LogP contribution in [0.3, 0.4) is 0 Å². The second-order valence-corrected chi connectivity index (χ2v) is 4.57. The highest BCUT2D eigenvalue weighted by atomic mass is 16.5. The lowest BCUT2D eigenvalue weighted by Crippen LogP contribution is -2.24. The molecule has 1 atom stereocenters. The molecule has 0 spiro atoms. The summed E-state index contributed by atoms with van der Waals surface area (Å²) in [7, 11) is 0. The van der Waals surface area contributed by atoms with Crippen LogP contribution in [0.1, 0.15) is 39.2 Å². The molecule has 0 aliphatic carbocycles. The molecule has 4 heteroatoms. The highest BCUT2D eigenvalue weighted by molar-refractivity contribution is 5.92. The minimum absolute atomic E-state index is 0.151. The number of hydrogen-bond donors (Lipinski definition) is 1. The number of nitrogens with one attached hydrogen (secondary N) is 1. The van der Waals surface area contributed by atoms with Crippen molar-refractivity contribution in [1.29, 1.82) is 0 Å². The third kappa shape index (κ3) is 4.23. The smallest absolute Gasteiger partial charge is 0.336 e. The molecule has 4 nitrogen and oxygen atoms in total. The van der Waals surface area contributed by atoms with Crippen LogP contribution in [0.15, 0.2) is 41.6 Å². The standard InChI is InChI=1S/C16H21NO3/c1-5-20-16(19)15(12(3)17-13(4)18)11(2)14-9-7-6-8-10-14/h6-11H,5H2,1-4H3,(H,17,18)/b15-12+. The second kappa shape index (κ2) is 7.48. The molecule has 1 N–H and O–H groups in total. The Balaban J connectivity index is 3.17. The van der Waals surface area contributed by atoms with E-state index in [0.29, 0.717) is 17.9 Å². The molecule has 1 aromatic carbocycles. The summed E-state index contributed by atoms with van der Waals surface area (Å²) in [6.07, 6.45) is 0. The molecule has 0 aromatic heterocycles. The lowest BCUT2D eigenvalue weighted by Gasteiger charge is -2.18. The van der Waals surface area contributed by atoms with Gasteiger partial charge >= 0.3 is 5.97 Å². The van der Waals surface area contributed by atoms with Crippen LogP contribution in [0, 0.1) is 0 Å². The Morgan fingerprint density at radius 2 is 1.80 bits per heavy atom. The minimum atomic E-state index is -0.393. The summed E-state index contributed by atoms with van der Waals surface area (Å²) < 4.78 is 5.10. The normalized spacial score (nSPS) is 13.2. The molecule has 0 radical (unpaired) electrons. The van der Waals surface area contributed by atoms with Gasteiger partial charge in [0.05, 0.1) is 12.2 Å². The van der Waals surface area contributed by atoms with Gasteiger partial charge in [-0.3, -0.25) is 4.79 Å². The van der Waals surface area contributed by atoms with Crippen LogP contribution in [-0.4, -0.2) is 18.5 Å². The summed E-state index contributed by atoms with van der Waals surface area (Å²) in [6, 6.07) is 9.66. The summed E-state index contributed by atoms with van der Waals surface area (Å²) in [5, 5.41) is 2.67. The zero-order chi connectivity index (χ0) is 15.1. The molecule has 1 unspecified atom stereocenters. The molecule has 0 saturated carbocycles.